The summed E-state index contributed by atoms with van der Waals surface area (Å²) < 4.78 is 7.02. The van der Waals surface area contributed by atoms with Crippen molar-refractivity contribution in [3.63, 3.8) is 0 Å². The molecule has 0 aliphatic heterocycles. The third kappa shape index (κ3) is 3.08. The van der Waals surface area contributed by atoms with Gasteiger partial charge in [-0.15, -0.1) is 0 Å². The van der Waals surface area contributed by atoms with E-state index in [1.165, 1.54) is 0 Å². The molecule has 0 unspecified atom stereocenters. The molecule has 0 N–H and O–H groups in total. The predicted octanol–water partition coefficient (Wildman–Crippen LogP) is 1.07. The molecule has 5 nitrogen and oxygen atoms in total. The molecule has 1 heterocycles. The molecule has 0 atom stereocenters. The van der Waals surface area contributed by atoms with E-state index >= 15 is 0 Å². The third-order valence-corrected chi connectivity index (χ3v) is 1.88. The van der Waals surface area contributed by atoms with Crippen LogP contribution in [0.1, 0.15) is 19.7 Å². The summed E-state index contributed by atoms with van der Waals surface area (Å²) in [5, 5.41) is 17.4. The monoisotopic (exact) mass is 204 g/mol. The van der Waals surface area contributed by atoms with E-state index in [2.05, 4.69) is 4.98 Å². The summed E-state index contributed by atoms with van der Waals surface area (Å²) in [6, 6.07) is 4.01. The molecule has 78 valence electrons. The quantitative estimate of drug-likeness (QED) is 0.735. The van der Waals surface area contributed by atoms with E-state index in [0.29, 0.717) is 19.0 Å². The van der Waals surface area contributed by atoms with Crippen molar-refractivity contribution >= 4 is 0 Å². The van der Waals surface area contributed by atoms with Crippen LogP contribution in [0, 0.1) is 22.7 Å². The largest absolute Gasteiger partial charge is 0.359 e. The lowest BCUT2D eigenvalue weighted by Crippen LogP contribution is -2.24. The smallest absolute Gasteiger partial charge is 0.212 e. The number of hydrogen-bond donors (Lipinski definition) is 0. The molecule has 0 saturated heterocycles. The van der Waals surface area contributed by atoms with E-state index in [1.54, 1.807) is 30.8 Å². The summed E-state index contributed by atoms with van der Waals surface area (Å²) in [5.41, 5.74) is -0.784. The van der Waals surface area contributed by atoms with Crippen molar-refractivity contribution in [2.75, 3.05) is 6.61 Å². The van der Waals surface area contributed by atoms with Gasteiger partial charge in [0.1, 0.15) is 11.7 Å². The molecule has 0 aliphatic carbocycles. The number of ether oxygens (including phenoxy) is 1. The molecular formula is C10H12N4O. The lowest BCUT2D eigenvalue weighted by Gasteiger charge is -2.16. The Kier molecular flexibility index (Phi) is 3.43. The molecule has 1 aromatic heterocycles. The van der Waals surface area contributed by atoms with Crippen LogP contribution in [0.15, 0.2) is 12.4 Å². The molecule has 1 rings (SSSR count). The number of nitrogens with zero attached hydrogens (tertiary/aromatic N) is 4. The number of imidazole rings is 1. The lowest BCUT2D eigenvalue weighted by atomic mass is 10.2. The van der Waals surface area contributed by atoms with E-state index in [0.717, 1.165) is 0 Å². The van der Waals surface area contributed by atoms with Gasteiger partial charge in [0, 0.05) is 18.9 Å². The lowest BCUT2D eigenvalue weighted by molar-refractivity contribution is 0.0207. The van der Waals surface area contributed by atoms with Crippen LogP contribution in [0.2, 0.25) is 0 Å². The Balaban J connectivity index is 2.47. The van der Waals surface area contributed by atoms with E-state index in [1.807, 2.05) is 12.1 Å². The average Bonchev–Trinajstić information content (AvgIpc) is 2.65. The van der Waals surface area contributed by atoms with Gasteiger partial charge in [-0.3, -0.25) is 0 Å². The number of rotatable bonds is 4. The molecule has 0 aromatic carbocycles. The van der Waals surface area contributed by atoms with E-state index in [9.17, 15) is 0 Å². The number of aromatic nitrogens is 2. The van der Waals surface area contributed by atoms with Gasteiger partial charge in [0.25, 0.3) is 0 Å². The highest BCUT2D eigenvalue weighted by atomic mass is 16.5. The molecule has 0 saturated carbocycles. The van der Waals surface area contributed by atoms with Crippen LogP contribution < -0.4 is 0 Å². The SMILES string of the molecule is CC(C)(C#N)OCCn1ccnc1C#N. The van der Waals surface area contributed by atoms with Crippen molar-refractivity contribution in [1.82, 2.24) is 9.55 Å². The Bertz CT molecular complexity index is 408. The molecule has 0 amide bonds. The van der Waals surface area contributed by atoms with Crippen LogP contribution in [0.4, 0.5) is 0 Å². The number of nitriles is 2. The zero-order chi connectivity index (χ0) is 11.3. The van der Waals surface area contributed by atoms with Gasteiger partial charge in [0.2, 0.25) is 5.82 Å². The van der Waals surface area contributed by atoms with Crippen molar-refractivity contribution in [2.45, 2.75) is 26.0 Å². The second-order valence-electron chi connectivity index (χ2n) is 3.53. The van der Waals surface area contributed by atoms with Gasteiger partial charge >= 0.3 is 0 Å². The van der Waals surface area contributed by atoms with Crippen molar-refractivity contribution in [2.24, 2.45) is 0 Å². The molecule has 0 bridgehead atoms. The predicted molar refractivity (Wildman–Crippen MR) is 52.6 cm³/mol. The first-order valence-electron chi connectivity index (χ1n) is 4.55. The molecule has 0 radical (unpaired) electrons. The first kappa shape index (κ1) is 11.2. The van der Waals surface area contributed by atoms with Gasteiger partial charge in [-0.05, 0) is 13.8 Å². The number of hydrogen-bond acceptors (Lipinski definition) is 4. The van der Waals surface area contributed by atoms with Crippen LogP contribution in [-0.2, 0) is 11.3 Å². The van der Waals surface area contributed by atoms with Crippen LogP contribution >= 0.6 is 0 Å². The van der Waals surface area contributed by atoms with Crippen LogP contribution in [0.25, 0.3) is 0 Å². The van der Waals surface area contributed by atoms with E-state index in [-0.39, 0.29) is 0 Å². The molecule has 0 aliphatic rings. The second kappa shape index (κ2) is 4.59. The Labute approximate surface area is 88.5 Å². The fourth-order valence-electron chi connectivity index (χ4n) is 1.03. The Morgan fingerprint density at radius 1 is 1.53 bits per heavy atom. The van der Waals surface area contributed by atoms with Crippen molar-refractivity contribution in [1.29, 1.82) is 10.5 Å². The Morgan fingerprint density at radius 3 is 2.87 bits per heavy atom. The molecule has 0 fully saturated rings. The maximum Gasteiger partial charge on any atom is 0.212 e. The Hall–Kier alpha value is -1.85. The maximum absolute atomic E-state index is 8.71. The zero-order valence-electron chi connectivity index (χ0n) is 8.77. The van der Waals surface area contributed by atoms with Gasteiger partial charge in [-0.25, -0.2) is 4.98 Å². The van der Waals surface area contributed by atoms with Crippen molar-refractivity contribution in [3.05, 3.63) is 18.2 Å². The van der Waals surface area contributed by atoms with Crippen LogP contribution in [0.3, 0.4) is 0 Å². The summed E-state index contributed by atoms with van der Waals surface area (Å²) >= 11 is 0. The Morgan fingerprint density at radius 2 is 2.27 bits per heavy atom. The summed E-state index contributed by atoms with van der Waals surface area (Å²) in [6.07, 6.45) is 3.27. The topological polar surface area (TPSA) is 74.6 Å². The highest BCUT2D eigenvalue weighted by Crippen LogP contribution is 2.07. The molecular weight excluding hydrogens is 192 g/mol. The highest BCUT2D eigenvalue weighted by molar-refractivity contribution is 5.10. The summed E-state index contributed by atoms with van der Waals surface area (Å²) in [5.74, 6) is 0.355. The second-order valence-corrected chi connectivity index (χ2v) is 3.53. The van der Waals surface area contributed by atoms with Crippen molar-refractivity contribution < 1.29 is 4.74 Å². The minimum Gasteiger partial charge on any atom is -0.359 e. The summed E-state index contributed by atoms with van der Waals surface area (Å²) in [4.78, 5) is 3.85. The molecule has 1 aromatic rings. The van der Waals surface area contributed by atoms with Crippen LogP contribution in [0.5, 0.6) is 0 Å². The summed E-state index contributed by atoms with van der Waals surface area (Å²) in [6.45, 7) is 4.30. The fraction of sp³-hybridized carbons (Fsp3) is 0.500. The van der Waals surface area contributed by atoms with Gasteiger partial charge in [-0.1, -0.05) is 0 Å². The van der Waals surface area contributed by atoms with Gasteiger partial charge in [0.15, 0.2) is 0 Å². The van der Waals surface area contributed by atoms with E-state index < -0.39 is 5.60 Å². The van der Waals surface area contributed by atoms with Gasteiger partial charge in [-0.2, -0.15) is 10.5 Å². The van der Waals surface area contributed by atoms with Crippen LogP contribution in [-0.4, -0.2) is 21.8 Å². The van der Waals surface area contributed by atoms with Gasteiger partial charge < -0.3 is 9.30 Å². The third-order valence-electron chi connectivity index (χ3n) is 1.88. The first-order valence-corrected chi connectivity index (χ1v) is 4.55. The van der Waals surface area contributed by atoms with Crippen molar-refractivity contribution in [3.8, 4) is 12.1 Å². The average molecular weight is 204 g/mol. The highest BCUT2D eigenvalue weighted by Gasteiger charge is 2.16. The standard InChI is InChI=1S/C10H12N4O/c1-10(2,8-12)15-6-5-14-4-3-13-9(14)7-11/h3-4H,5-6H2,1-2H3. The normalized spacial score (nSPS) is 10.7. The molecule has 15 heavy (non-hydrogen) atoms. The maximum atomic E-state index is 8.71. The van der Waals surface area contributed by atoms with E-state index in [4.69, 9.17) is 15.3 Å². The fourth-order valence-corrected chi connectivity index (χ4v) is 1.03. The summed E-state index contributed by atoms with van der Waals surface area (Å²) in [7, 11) is 0. The first-order chi connectivity index (χ1) is 7.09. The molecule has 5 heteroatoms. The minimum atomic E-state index is -0.784. The molecule has 0 spiro atoms. The van der Waals surface area contributed by atoms with Gasteiger partial charge in [0.05, 0.1) is 12.7 Å². The zero-order valence-corrected chi connectivity index (χ0v) is 8.77. The minimum absolute atomic E-state index is 0.355.